The fraction of sp³-hybridized carbons (Fsp3) is 0.167. The normalized spacial score (nSPS) is 13.8. The number of rotatable bonds is 3. The lowest BCUT2D eigenvalue weighted by Crippen LogP contribution is -2.37. The number of aliphatic imine (C=N–C) groups is 1. The van der Waals surface area contributed by atoms with Crippen LogP contribution in [0.15, 0.2) is 53.5 Å². The van der Waals surface area contributed by atoms with Gasteiger partial charge in [0.25, 0.3) is 0 Å². The molecule has 0 aliphatic carbocycles. The molecule has 24 heavy (non-hydrogen) atoms. The Morgan fingerprint density at radius 3 is 2.54 bits per heavy atom. The van der Waals surface area contributed by atoms with E-state index in [1.165, 1.54) is 12.0 Å². The molecule has 0 spiro atoms. The van der Waals surface area contributed by atoms with Crippen molar-refractivity contribution in [2.24, 2.45) is 4.99 Å². The zero-order chi connectivity index (χ0) is 17.1. The number of hydrogen-bond donors (Lipinski definition) is 0. The van der Waals surface area contributed by atoms with Crippen LogP contribution in [-0.4, -0.2) is 37.8 Å². The number of para-hydroxylation sites is 1. The Balaban J connectivity index is 2.13. The number of ether oxygens (including phenoxy) is 1. The van der Waals surface area contributed by atoms with Crippen molar-refractivity contribution in [2.45, 2.75) is 0 Å². The molecule has 2 aromatic rings. The first-order valence-electron chi connectivity index (χ1n) is 7.37. The Morgan fingerprint density at radius 1 is 1.17 bits per heavy atom. The molecule has 6 heteroatoms. The molecule has 0 fully saturated rings. The summed E-state index contributed by atoms with van der Waals surface area (Å²) in [5.41, 5.74) is 2.75. The van der Waals surface area contributed by atoms with Gasteiger partial charge in [-0.2, -0.15) is 0 Å². The van der Waals surface area contributed by atoms with Crippen molar-refractivity contribution in [3.8, 4) is 0 Å². The largest absolute Gasteiger partial charge is 0.468 e. The van der Waals surface area contributed by atoms with Crippen LogP contribution in [0.25, 0.3) is 0 Å². The third-order valence-corrected chi connectivity index (χ3v) is 4.10. The van der Waals surface area contributed by atoms with Crippen LogP contribution in [0.5, 0.6) is 0 Å². The second-order valence-electron chi connectivity index (χ2n) is 5.22. The molecule has 0 atom stereocenters. The van der Waals surface area contributed by atoms with E-state index in [0.717, 1.165) is 11.1 Å². The van der Waals surface area contributed by atoms with E-state index < -0.39 is 5.97 Å². The minimum Gasteiger partial charge on any atom is -0.468 e. The van der Waals surface area contributed by atoms with Gasteiger partial charge in [-0.15, -0.1) is 0 Å². The third kappa shape index (κ3) is 3.03. The lowest BCUT2D eigenvalue weighted by molar-refractivity contribution is -0.139. The number of benzene rings is 2. The lowest BCUT2D eigenvalue weighted by atomic mass is 10.00. The highest BCUT2D eigenvalue weighted by Gasteiger charge is 2.27. The topological polar surface area (TPSA) is 59.0 Å². The molecule has 5 nitrogen and oxygen atoms in total. The number of nitrogens with zero attached hydrogens (tertiary/aromatic N) is 2. The number of methoxy groups -OCH3 is 1. The Kier molecular flexibility index (Phi) is 4.62. The van der Waals surface area contributed by atoms with Crippen LogP contribution in [0.2, 0.25) is 5.02 Å². The molecule has 3 rings (SSSR count). The molecule has 0 N–H and O–H groups in total. The molecule has 0 radical (unpaired) electrons. The van der Waals surface area contributed by atoms with Crippen molar-refractivity contribution < 1.29 is 14.3 Å². The summed E-state index contributed by atoms with van der Waals surface area (Å²) in [5, 5.41) is 0.555. The summed E-state index contributed by atoms with van der Waals surface area (Å²) in [6.45, 7) is -0.218. The zero-order valence-electron chi connectivity index (χ0n) is 13.0. The van der Waals surface area contributed by atoms with E-state index in [9.17, 15) is 9.59 Å². The Morgan fingerprint density at radius 2 is 1.83 bits per heavy atom. The van der Waals surface area contributed by atoms with Crippen LogP contribution in [0.4, 0.5) is 5.69 Å². The predicted octanol–water partition coefficient (Wildman–Crippen LogP) is 2.70. The van der Waals surface area contributed by atoms with E-state index >= 15 is 0 Å². The SMILES string of the molecule is COC(=O)CN1C(=O)CN=C(c2ccccc2Cl)c2ccccc21. The fourth-order valence-corrected chi connectivity index (χ4v) is 2.84. The summed E-state index contributed by atoms with van der Waals surface area (Å²) < 4.78 is 4.70. The van der Waals surface area contributed by atoms with Crippen molar-refractivity contribution >= 4 is 34.9 Å². The first-order valence-corrected chi connectivity index (χ1v) is 7.75. The second-order valence-corrected chi connectivity index (χ2v) is 5.63. The zero-order valence-corrected chi connectivity index (χ0v) is 13.8. The molecule has 1 amide bonds. The van der Waals surface area contributed by atoms with Gasteiger partial charge in [0, 0.05) is 16.1 Å². The maximum atomic E-state index is 12.5. The summed E-state index contributed by atoms with van der Waals surface area (Å²) >= 11 is 6.30. The first kappa shape index (κ1) is 16.2. The van der Waals surface area contributed by atoms with Gasteiger partial charge in [-0.25, -0.2) is 0 Å². The Bertz CT molecular complexity index is 833. The quantitative estimate of drug-likeness (QED) is 0.806. The molecule has 122 valence electrons. The van der Waals surface area contributed by atoms with Gasteiger partial charge in [-0.05, 0) is 12.1 Å². The van der Waals surface area contributed by atoms with Crippen LogP contribution >= 0.6 is 11.6 Å². The van der Waals surface area contributed by atoms with E-state index in [1.54, 1.807) is 12.1 Å². The second kappa shape index (κ2) is 6.84. The lowest BCUT2D eigenvalue weighted by Gasteiger charge is -2.21. The van der Waals surface area contributed by atoms with Crippen LogP contribution in [-0.2, 0) is 14.3 Å². The van der Waals surface area contributed by atoms with Gasteiger partial charge in [0.15, 0.2) is 0 Å². The Labute approximate surface area is 144 Å². The maximum absolute atomic E-state index is 12.5. The van der Waals surface area contributed by atoms with Gasteiger partial charge in [-0.1, -0.05) is 48.0 Å². The number of fused-ring (bicyclic) bond motifs is 1. The van der Waals surface area contributed by atoms with E-state index in [2.05, 4.69) is 4.99 Å². The van der Waals surface area contributed by atoms with Gasteiger partial charge < -0.3 is 4.74 Å². The van der Waals surface area contributed by atoms with Crippen LogP contribution in [0, 0.1) is 0 Å². The van der Waals surface area contributed by atoms with Gasteiger partial charge in [0.05, 0.1) is 18.5 Å². The molecule has 0 saturated heterocycles. The molecule has 0 saturated carbocycles. The summed E-state index contributed by atoms with van der Waals surface area (Å²) in [5.74, 6) is -0.755. The van der Waals surface area contributed by atoms with Crippen molar-refractivity contribution in [1.82, 2.24) is 0 Å². The number of amides is 1. The van der Waals surface area contributed by atoms with Gasteiger partial charge in [-0.3, -0.25) is 19.5 Å². The highest BCUT2D eigenvalue weighted by atomic mass is 35.5. The molecule has 1 aliphatic heterocycles. The molecule has 0 bridgehead atoms. The number of anilines is 1. The third-order valence-electron chi connectivity index (χ3n) is 3.77. The van der Waals surface area contributed by atoms with Gasteiger partial charge in [0.1, 0.15) is 13.1 Å². The van der Waals surface area contributed by atoms with Gasteiger partial charge in [0.2, 0.25) is 5.91 Å². The summed E-state index contributed by atoms with van der Waals surface area (Å²) in [6.07, 6.45) is 0. The van der Waals surface area contributed by atoms with Crippen molar-refractivity contribution in [1.29, 1.82) is 0 Å². The molecule has 2 aromatic carbocycles. The molecular weight excluding hydrogens is 328 g/mol. The van der Waals surface area contributed by atoms with E-state index in [1.807, 2.05) is 36.4 Å². The molecule has 0 aromatic heterocycles. The first-order chi connectivity index (χ1) is 11.6. The monoisotopic (exact) mass is 342 g/mol. The number of benzodiazepines with no additional fused rings is 1. The smallest absolute Gasteiger partial charge is 0.325 e. The van der Waals surface area contributed by atoms with E-state index in [-0.39, 0.29) is 19.0 Å². The highest BCUT2D eigenvalue weighted by Crippen LogP contribution is 2.29. The summed E-state index contributed by atoms with van der Waals surface area (Å²) in [6, 6.07) is 14.7. The number of carbonyl (C=O) groups is 2. The summed E-state index contributed by atoms with van der Waals surface area (Å²) in [4.78, 5) is 30.0. The average molecular weight is 343 g/mol. The van der Waals surface area contributed by atoms with Crippen LogP contribution < -0.4 is 4.90 Å². The number of esters is 1. The minimum absolute atomic E-state index is 0.0633. The minimum atomic E-state index is -0.487. The molecule has 1 heterocycles. The van der Waals surface area contributed by atoms with Crippen molar-refractivity contribution in [3.05, 3.63) is 64.7 Å². The number of halogens is 1. The summed E-state index contributed by atoms with van der Waals surface area (Å²) in [7, 11) is 1.29. The molecular formula is C18H15ClN2O3. The number of hydrogen-bond acceptors (Lipinski definition) is 4. The molecule has 1 aliphatic rings. The predicted molar refractivity (Wildman–Crippen MR) is 92.8 cm³/mol. The van der Waals surface area contributed by atoms with Crippen LogP contribution in [0.1, 0.15) is 11.1 Å². The highest BCUT2D eigenvalue weighted by molar-refractivity contribution is 6.36. The number of carbonyl (C=O) groups excluding carboxylic acids is 2. The maximum Gasteiger partial charge on any atom is 0.325 e. The van der Waals surface area contributed by atoms with Crippen molar-refractivity contribution in [2.75, 3.05) is 25.1 Å². The van der Waals surface area contributed by atoms with E-state index in [4.69, 9.17) is 16.3 Å². The Hall–Kier alpha value is -2.66. The molecule has 0 unspecified atom stereocenters. The fourth-order valence-electron chi connectivity index (χ4n) is 2.61. The standard InChI is InChI=1S/C18H15ClN2O3/c1-24-17(23)11-21-15-9-5-3-7-13(15)18(20-10-16(21)22)12-6-2-4-8-14(12)19/h2-9H,10-11H2,1H3. The van der Waals surface area contributed by atoms with Gasteiger partial charge >= 0.3 is 5.97 Å². The average Bonchev–Trinajstić information content (AvgIpc) is 2.73. The van der Waals surface area contributed by atoms with Crippen molar-refractivity contribution in [3.63, 3.8) is 0 Å². The van der Waals surface area contributed by atoms with Crippen LogP contribution in [0.3, 0.4) is 0 Å². The van der Waals surface area contributed by atoms with E-state index in [0.29, 0.717) is 16.4 Å².